The van der Waals surface area contributed by atoms with Gasteiger partial charge in [0.1, 0.15) is 0 Å². The van der Waals surface area contributed by atoms with Crippen molar-refractivity contribution < 1.29 is 8.42 Å². The topological polar surface area (TPSA) is 52.7 Å². The summed E-state index contributed by atoms with van der Waals surface area (Å²) in [6.07, 6.45) is 1.62. The summed E-state index contributed by atoms with van der Waals surface area (Å²) >= 11 is 0. The highest BCUT2D eigenvalue weighted by Crippen LogP contribution is 2.16. The standard InChI is InChI=1S/C17H29N3O2S/c1-3-4-14-23(21,22)18-15-16(2)19-10-12-20(13-11-19)17-8-6-5-7-9-17/h5-9,16,18H,3-4,10-15H2,1-2H3. The van der Waals surface area contributed by atoms with Gasteiger partial charge < -0.3 is 4.90 Å². The number of anilines is 1. The Kier molecular flexibility index (Phi) is 6.87. The third-order valence-corrected chi connectivity index (χ3v) is 5.86. The van der Waals surface area contributed by atoms with Crippen molar-refractivity contribution in [1.29, 1.82) is 0 Å². The lowest BCUT2D eigenvalue weighted by Crippen LogP contribution is -2.52. The lowest BCUT2D eigenvalue weighted by Gasteiger charge is -2.39. The molecule has 0 spiro atoms. The Hall–Kier alpha value is -1.11. The maximum Gasteiger partial charge on any atom is 0.211 e. The van der Waals surface area contributed by atoms with E-state index in [1.165, 1.54) is 5.69 Å². The number of sulfonamides is 1. The number of piperazine rings is 1. The maximum atomic E-state index is 11.9. The minimum Gasteiger partial charge on any atom is -0.369 e. The Morgan fingerprint density at radius 2 is 1.78 bits per heavy atom. The van der Waals surface area contributed by atoms with E-state index < -0.39 is 10.0 Å². The van der Waals surface area contributed by atoms with Crippen LogP contribution in [0.25, 0.3) is 0 Å². The first-order valence-electron chi connectivity index (χ1n) is 8.53. The van der Waals surface area contributed by atoms with Crippen LogP contribution in [0.4, 0.5) is 5.69 Å². The van der Waals surface area contributed by atoms with Crippen LogP contribution in [0, 0.1) is 0 Å². The molecule has 0 aliphatic carbocycles. The third kappa shape index (κ3) is 5.79. The predicted molar refractivity (Wildman–Crippen MR) is 96.4 cm³/mol. The SMILES string of the molecule is CCCCS(=O)(=O)NCC(C)N1CCN(c2ccccc2)CC1. The molecule has 0 amide bonds. The molecule has 0 bridgehead atoms. The molecule has 0 saturated carbocycles. The molecule has 1 saturated heterocycles. The van der Waals surface area contributed by atoms with Crippen molar-refractivity contribution in [2.75, 3.05) is 43.4 Å². The van der Waals surface area contributed by atoms with Crippen molar-refractivity contribution in [1.82, 2.24) is 9.62 Å². The molecular weight excluding hydrogens is 310 g/mol. The van der Waals surface area contributed by atoms with Gasteiger partial charge in [-0.15, -0.1) is 0 Å². The Balaban J connectivity index is 1.76. The first-order valence-corrected chi connectivity index (χ1v) is 10.2. The molecule has 1 aliphatic heterocycles. The molecule has 1 aromatic carbocycles. The lowest BCUT2D eigenvalue weighted by atomic mass is 10.2. The van der Waals surface area contributed by atoms with Crippen LogP contribution in [0.5, 0.6) is 0 Å². The molecule has 130 valence electrons. The number of hydrogen-bond acceptors (Lipinski definition) is 4. The predicted octanol–water partition coefficient (Wildman–Crippen LogP) is 1.92. The lowest BCUT2D eigenvalue weighted by molar-refractivity contribution is 0.198. The first-order chi connectivity index (χ1) is 11.0. The summed E-state index contributed by atoms with van der Waals surface area (Å²) < 4.78 is 26.5. The number of rotatable bonds is 8. The fourth-order valence-electron chi connectivity index (χ4n) is 2.84. The van der Waals surface area contributed by atoms with Crippen LogP contribution in [0.15, 0.2) is 30.3 Å². The number of unbranched alkanes of at least 4 members (excludes halogenated alkanes) is 1. The smallest absolute Gasteiger partial charge is 0.211 e. The van der Waals surface area contributed by atoms with Crippen molar-refractivity contribution in [3.05, 3.63) is 30.3 Å². The molecule has 6 heteroatoms. The second-order valence-corrected chi connectivity index (χ2v) is 8.15. The van der Waals surface area contributed by atoms with Crippen molar-refractivity contribution in [2.24, 2.45) is 0 Å². The third-order valence-electron chi connectivity index (χ3n) is 4.42. The van der Waals surface area contributed by atoms with Crippen molar-refractivity contribution in [3.8, 4) is 0 Å². The van der Waals surface area contributed by atoms with Gasteiger partial charge in [0.05, 0.1) is 5.75 Å². The van der Waals surface area contributed by atoms with E-state index in [1.807, 2.05) is 13.0 Å². The van der Waals surface area contributed by atoms with E-state index in [4.69, 9.17) is 0 Å². The zero-order chi connectivity index (χ0) is 16.7. The molecule has 1 aliphatic rings. The van der Waals surface area contributed by atoms with E-state index in [0.717, 1.165) is 39.0 Å². The highest BCUT2D eigenvalue weighted by molar-refractivity contribution is 7.89. The van der Waals surface area contributed by atoms with Gasteiger partial charge in [-0.3, -0.25) is 4.90 Å². The average molecular weight is 340 g/mol. The number of hydrogen-bond donors (Lipinski definition) is 1. The highest BCUT2D eigenvalue weighted by Gasteiger charge is 2.22. The first kappa shape index (κ1) is 18.2. The number of nitrogens with zero attached hydrogens (tertiary/aromatic N) is 2. The Morgan fingerprint density at radius 1 is 1.13 bits per heavy atom. The summed E-state index contributed by atoms with van der Waals surface area (Å²) in [6.45, 7) is 8.50. The Bertz CT molecular complexity index is 554. The molecule has 1 atom stereocenters. The minimum absolute atomic E-state index is 0.226. The molecule has 1 N–H and O–H groups in total. The molecule has 1 aromatic rings. The van der Waals surface area contributed by atoms with Gasteiger partial charge in [0, 0.05) is 44.5 Å². The molecule has 1 heterocycles. The molecule has 5 nitrogen and oxygen atoms in total. The van der Waals surface area contributed by atoms with E-state index in [2.05, 4.69) is 45.7 Å². The van der Waals surface area contributed by atoms with E-state index >= 15 is 0 Å². The van der Waals surface area contributed by atoms with Crippen molar-refractivity contribution >= 4 is 15.7 Å². The molecular formula is C17H29N3O2S. The molecule has 1 fully saturated rings. The van der Waals surface area contributed by atoms with Gasteiger partial charge in [-0.2, -0.15) is 0 Å². The van der Waals surface area contributed by atoms with Crippen LogP contribution in [-0.4, -0.2) is 57.8 Å². The Labute approximate surface area is 140 Å². The number of nitrogens with one attached hydrogen (secondary N) is 1. The van der Waals surface area contributed by atoms with Gasteiger partial charge in [0.25, 0.3) is 0 Å². The largest absolute Gasteiger partial charge is 0.369 e. The molecule has 1 unspecified atom stereocenters. The summed E-state index contributed by atoms with van der Waals surface area (Å²) in [4.78, 5) is 4.75. The monoisotopic (exact) mass is 339 g/mol. The quantitative estimate of drug-likeness (QED) is 0.786. The van der Waals surface area contributed by atoms with Crippen LogP contribution in [0.2, 0.25) is 0 Å². The van der Waals surface area contributed by atoms with Gasteiger partial charge in [0.2, 0.25) is 10.0 Å². The van der Waals surface area contributed by atoms with E-state index in [1.54, 1.807) is 0 Å². The van der Waals surface area contributed by atoms with E-state index in [9.17, 15) is 8.42 Å². The molecule has 0 aromatic heterocycles. The fourth-order valence-corrected chi connectivity index (χ4v) is 4.15. The average Bonchev–Trinajstić information content (AvgIpc) is 2.59. The normalized spacial score (nSPS) is 18.1. The summed E-state index contributed by atoms with van der Waals surface area (Å²) in [5, 5.41) is 0. The van der Waals surface area contributed by atoms with Crippen LogP contribution in [0.3, 0.4) is 0 Å². The summed E-state index contributed by atoms with van der Waals surface area (Å²) in [5.74, 6) is 0.234. The van der Waals surface area contributed by atoms with Gasteiger partial charge in [-0.05, 0) is 25.5 Å². The van der Waals surface area contributed by atoms with E-state index in [0.29, 0.717) is 6.54 Å². The minimum atomic E-state index is -3.12. The Morgan fingerprint density at radius 3 is 2.39 bits per heavy atom. The van der Waals surface area contributed by atoms with Gasteiger partial charge in [-0.1, -0.05) is 31.5 Å². The van der Waals surface area contributed by atoms with Gasteiger partial charge >= 0.3 is 0 Å². The van der Waals surface area contributed by atoms with E-state index in [-0.39, 0.29) is 11.8 Å². The number of para-hydroxylation sites is 1. The van der Waals surface area contributed by atoms with Gasteiger partial charge in [0.15, 0.2) is 0 Å². The van der Waals surface area contributed by atoms with Gasteiger partial charge in [-0.25, -0.2) is 13.1 Å². The summed E-state index contributed by atoms with van der Waals surface area (Å²) in [5.41, 5.74) is 1.26. The van der Waals surface area contributed by atoms with Crippen LogP contribution >= 0.6 is 0 Å². The second-order valence-electron chi connectivity index (χ2n) is 6.23. The number of benzene rings is 1. The summed E-state index contributed by atoms with van der Waals surface area (Å²) in [7, 11) is -3.12. The zero-order valence-electron chi connectivity index (χ0n) is 14.2. The van der Waals surface area contributed by atoms with Crippen LogP contribution in [-0.2, 0) is 10.0 Å². The molecule has 0 radical (unpaired) electrons. The van der Waals surface area contributed by atoms with Crippen molar-refractivity contribution in [3.63, 3.8) is 0 Å². The maximum absolute atomic E-state index is 11.9. The molecule has 23 heavy (non-hydrogen) atoms. The summed E-state index contributed by atoms with van der Waals surface area (Å²) in [6, 6.07) is 10.7. The second kappa shape index (κ2) is 8.66. The fraction of sp³-hybridized carbons (Fsp3) is 0.647. The van der Waals surface area contributed by atoms with Crippen molar-refractivity contribution in [2.45, 2.75) is 32.7 Å². The van der Waals surface area contributed by atoms with Crippen LogP contribution in [0.1, 0.15) is 26.7 Å². The van der Waals surface area contributed by atoms with Crippen LogP contribution < -0.4 is 9.62 Å². The molecule has 2 rings (SSSR count). The zero-order valence-corrected chi connectivity index (χ0v) is 15.1. The highest BCUT2D eigenvalue weighted by atomic mass is 32.2.